The van der Waals surface area contributed by atoms with Crippen LogP contribution in [0, 0.1) is 0 Å². The van der Waals surface area contributed by atoms with Crippen molar-refractivity contribution in [3.63, 3.8) is 0 Å². The molecule has 1 N–H and O–H groups in total. The molecule has 0 radical (unpaired) electrons. The van der Waals surface area contributed by atoms with Crippen LogP contribution in [0.15, 0.2) is 77.1 Å². The van der Waals surface area contributed by atoms with Gasteiger partial charge in [0.2, 0.25) is 10.9 Å². The van der Waals surface area contributed by atoms with Crippen LogP contribution < -0.4 is 19.5 Å². The summed E-state index contributed by atoms with van der Waals surface area (Å²) in [5.74, 6) is 1.67. The predicted molar refractivity (Wildman–Crippen MR) is 134 cm³/mol. The highest BCUT2D eigenvalue weighted by atomic mass is 32.2. The second-order valence-corrected chi connectivity index (χ2v) is 9.29. The van der Waals surface area contributed by atoms with E-state index in [-0.39, 0.29) is 5.91 Å². The minimum absolute atomic E-state index is 0.341. The second kappa shape index (κ2) is 11.5. The summed E-state index contributed by atoms with van der Waals surface area (Å²) in [6.07, 6.45) is 0. The number of hydrogen-bond acceptors (Lipinski definition) is 8. The van der Waals surface area contributed by atoms with Crippen LogP contribution in [0.5, 0.6) is 17.2 Å². The van der Waals surface area contributed by atoms with Gasteiger partial charge in [-0.15, -0.1) is 10.2 Å². The lowest BCUT2D eigenvalue weighted by molar-refractivity contribution is 0.102. The predicted octanol–water partition coefficient (Wildman–Crippen LogP) is 5.68. The van der Waals surface area contributed by atoms with Crippen molar-refractivity contribution in [3.8, 4) is 17.2 Å². The van der Waals surface area contributed by atoms with Crippen molar-refractivity contribution >= 4 is 34.1 Å². The molecule has 0 aliphatic heterocycles. The summed E-state index contributed by atoms with van der Waals surface area (Å²) < 4.78 is 17.7. The van der Waals surface area contributed by atoms with Gasteiger partial charge >= 0.3 is 0 Å². The molecule has 174 valence electrons. The molecule has 0 saturated heterocycles. The van der Waals surface area contributed by atoms with Crippen molar-refractivity contribution in [2.24, 2.45) is 0 Å². The van der Waals surface area contributed by atoms with Crippen LogP contribution in [-0.2, 0) is 12.4 Å². The quantitative estimate of drug-likeness (QED) is 0.225. The first-order valence-electron chi connectivity index (χ1n) is 10.4. The fourth-order valence-electron chi connectivity index (χ4n) is 3.09. The molecule has 0 atom stereocenters. The average Bonchev–Trinajstić information content (AvgIpc) is 3.34. The number of anilines is 1. The third-order valence-electron chi connectivity index (χ3n) is 4.78. The van der Waals surface area contributed by atoms with Crippen molar-refractivity contribution in [2.45, 2.75) is 16.7 Å². The van der Waals surface area contributed by atoms with Crippen molar-refractivity contribution in [2.75, 3.05) is 19.5 Å². The van der Waals surface area contributed by atoms with Crippen LogP contribution in [0.3, 0.4) is 0 Å². The Morgan fingerprint density at radius 2 is 1.53 bits per heavy atom. The van der Waals surface area contributed by atoms with Gasteiger partial charge in [0.15, 0.2) is 15.8 Å². The van der Waals surface area contributed by atoms with Crippen LogP contribution >= 0.6 is 23.1 Å². The zero-order valence-electron chi connectivity index (χ0n) is 18.7. The molecule has 7 nitrogen and oxygen atoms in total. The molecule has 34 heavy (non-hydrogen) atoms. The van der Waals surface area contributed by atoms with E-state index >= 15 is 0 Å². The number of aromatic nitrogens is 2. The molecule has 0 fully saturated rings. The normalized spacial score (nSPS) is 10.5. The Hall–Kier alpha value is -3.56. The molecule has 4 aromatic rings. The van der Waals surface area contributed by atoms with E-state index in [4.69, 9.17) is 14.2 Å². The molecule has 4 rings (SSSR count). The van der Waals surface area contributed by atoms with Crippen LogP contribution in [0.2, 0.25) is 0 Å². The molecule has 1 heterocycles. The van der Waals surface area contributed by atoms with Crippen molar-refractivity contribution < 1.29 is 19.0 Å². The highest BCUT2D eigenvalue weighted by Gasteiger charge is 2.19. The zero-order valence-corrected chi connectivity index (χ0v) is 20.3. The molecule has 0 aliphatic rings. The number of ether oxygens (including phenoxy) is 3. The molecule has 0 aliphatic carbocycles. The van der Waals surface area contributed by atoms with Gasteiger partial charge in [-0.1, -0.05) is 83.8 Å². The Labute approximate surface area is 206 Å². The molecule has 0 bridgehead atoms. The second-order valence-electron chi connectivity index (χ2n) is 7.09. The number of hydrogen-bond donors (Lipinski definition) is 1. The Balaban J connectivity index is 1.44. The van der Waals surface area contributed by atoms with E-state index in [2.05, 4.69) is 27.6 Å². The molecule has 1 aromatic heterocycles. The van der Waals surface area contributed by atoms with Crippen molar-refractivity contribution in [3.05, 3.63) is 89.5 Å². The van der Waals surface area contributed by atoms with E-state index in [0.29, 0.717) is 34.6 Å². The van der Waals surface area contributed by atoms with Crippen LogP contribution in [0.4, 0.5) is 5.13 Å². The van der Waals surface area contributed by atoms with Gasteiger partial charge in [0, 0.05) is 11.3 Å². The fourth-order valence-corrected chi connectivity index (χ4v) is 4.79. The Morgan fingerprint density at radius 1 is 0.912 bits per heavy atom. The topological polar surface area (TPSA) is 82.6 Å². The molecular weight excluding hydrogens is 470 g/mol. The third kappa shape index (κ3) is 6.06. The number of thioether (sulfide) groups is 1. The highest BCUT2D eigenvalue weighted by Crippen LogP contribution is 2.39. The number of nitrogens with zero attached hydrogens (tertiary/aromatic N) is 2. The van der Waals surface area contributed by atoms with Crippen molar-refractivity contribution in [1.82, 2.24) is 10.2 Å². The van der Waals surface area contributed by atoms with E-state index in [1.807, 2.05) is 48.5 Å². The van der Waals surface area contributed by atoms with Gasteiger partial charge in [0.25, 0.3) is 5.91 Å². The van der Waals surface area contributed by atoms with Gasteiger partial charge in [-0.05, 0) is 23.3 Å². The number of methoxy groups -OCH3 is 2. The molecule has 3 aromatic carbocycles. The smallest absolute Gasteiger partial charge is 0.257 e. The highest BCUT2D eigenvalue weighted by molar-refractivity contribution is 8.00. The molecule has 0 spiro atoms. The maximum Gasteiger partial charge on any atom is 0.257 e. The molecule has 0 saturated carbocycles. The summed E-state index contributed by atoms with van der Waals surface area (Å²) in [6.45, 7) is 0.341. The summed E-state index contributed by atoms with van der Waals surface area (Å²) in [7, 11) is 3.04. The standard InChI is InChI=1S/C25H23N3O4S2/c1-30-20-13-19(14-21(31-2)22(20)32-15-17-9-5-3-6-10-17)23(29)26-24-27-28-25(34-24)33-16-18-11-7-4-8-12-18/h3-14H,15-16H2,1-2H3,(H,26,27,29). The van der Waals surface area contributed by atoms with E-state index in [1.165, 1.54) is 31.1 Å². The minimum Gasteiger partial charge on any atom is -0.493 e. The first-order valence-corrected chi connectivity index (χ1v) is 12.2. The average molecular weight is 494 g/mol. The number of amides is 1. The number of carbonyl (C=O) groups is 1. The first-order chi connectivity index (χ1) is 16.7. The van der Waals surface area contributed by atoms with E-state index in [0.717, 1.165) is 15.7 Å². The number of nitrogens with one attached hydrogen (secondary N) is 1. The first kappa shape index (κ1) is 23.6. The lowest BCUT2D eigenvalue weighted by Crippen LogP contribution is -2.12. The van der Waals surface area contributed by atoms with Gasteiger partial charge in [-0.3, -0.25) is 10.1 Å². The lowest BCUT2D eigenvalue weighted by Gasteiger charge is -2.16. The van der Waals surface area contributed by atoms with Gasteiger partial charge in [0.05, 0.1) is 14.2 Å². The zero-order chi connectivity index (χ0) is 23.8. The van der Waals surface area contributed by atoms with Crippen molar-refractivity contribution in [1.29, 1.82) is 0 Å². The van der Waals surface area contributed by atoms with Gasteiger partial charge in [-0.2, -0.15) is 0 Å². The summed E-state index contributed by atoms with van der Waals surface area (Å²) in [5.41, 5.74) is 2.56. The number of carbonyl (C=O) groups excluding carboxylic acids is 1. The van der Waals surface area contributed by atoms with Gasteiger partial charge < -0.3 is 14.2 Å². The van der Waals surface area contributed by atoms with E-state index in [1.54, 1.807) is 23.9 Å². The van der Waals surface area contributed by atoms with Crippen LogP contribution in [-0.4, -0.2) is 30.3 Å². The summed E-state index contributed by atoms with van der Waals surface area (Å²) in [5, 5.41) is 11.5. The number of benzene rings is 3. The Bertz CT molecular complexity index is 1210. The van der Waals surface area contributed by atoms with E-state index < -0.39 is 0 Å². The Kier molecular flexibility index (Phi) is 8.00. The fraction of sp³-hybridized carbons (Fsp3) is 0.160. The van der Waals surface area contributed by atoms with Gasteiger partial charge in [0.1, 0.15) is 6.61 Å². The van der Waals surface area contributed by atoms with Crippen LogP contribution in [0.1, 0.15) is 21.5 Å². The number of rotatable bonds is 10. The lowest BCUT2D eigenvalue weighted by atomic mass is 10.1. The Morgan fingerprint density at radius 3 is 2.15 bits per heavy atom. The molecular formula is C25H23N3O4S2. The molecule has 9 heteroatoms. The molecule has 0 unspecified atom stereocenters. The minimum atomic E-state index is -0.345. The summed E-state index contributed by atoms with van der Waals surface area (Å²) in [6, 6.07) is 23.1. The van der Waals surface area contributed by atoms with E-state index in [9.17, 15) is 4.79 Å². The molecule has 1 amide bonds. The maximum absolute atomic E-state index is 12.9. The summed E-state index contributed by atoms with van der Waals surface area (Å²) >= 11 is 2.90. The maximum atomic E-state index is 12.9. The van der Waals surface area contributed by atoms with Gasteiger partial charge in [-0.25, -0.2) is 0 Å². The largest absolute Gasteiger partial charge is 0.493 e. The SMILES string of the molecule is COc1cc(C(=O)Nc2nnc(SCc3ccccc3)s2)cc(OC)c1OCc1ccccc1. The van der Waals surface area contributed by atoms with Crippen LogP contribution in [0.25, 0.3) is 0 Å². The summed E-state index contributed by atoms with van der Waals surface area (Å²) in [4.78, 5) is 12.9. The monoisotopic (exact) mass is 493 g/mol. The third-order valence-corrected chi connectivity index (χ3v) is 6.82.